The van der Waals surface area contributed by atoms with Gasteiger partial charge in [-0.25, -0.2) is 0 Å². The predicted molar refractivity (Wildman–Crippen MR) is 135 cm³/mol. The molecule has 11 heteroatoms. The number of alkyl halides is 6. The van der Waals surface area contributed by atoms with Gasteiger partial charge in [-0.1, -0.05) is 24.3 Å². The molecule has 0 unspecified atom stereocenters. The molecule has 0 aromatic heterocycles. The lowest BCUT2D eigenvalue weighted by Crippen LogP contribution is -2.33. The molecule has 0 atom stereocenters. The molecule has 1 aliphatic heterocycles. The van der Waals surface area contributed by atoms with Gasteiger partial charge in [-0.05, 0) is 73.0 Å². The second-order valence-electron chi connectivity index (χ2n) is 8.94. The summed E-state index contributed by atoms with van der Waals surface area (Å²) in [6, 6.07) is 13.9. The predicted octanol–water partition coefficient (Wildman–Crippen LogP) is 6.56. The van der Waals surface area contributed by atoms with Crippen molar-refractivity contribution in [1.29, 1.82) is 0 Å². The first-order valence-electron chi connectivity index (χ1n) is 11.9. The summed E-state index contributed by atoms with van der Waals surface area (Å²) < 4.78 is 80.6. The van der Waals surface area contributed by atoms with Crippen molar-refractivity contribution in [3.8, 4) is 0 Å². The highest BCUT2D eigenvalue weighted by atomic mass is 19.4. The van der Waals surface area contributed by atoms with E-state index in [0.29, 0.717) is 22.6 Å². The van der Waals surface area contributed by atoms with Gasteiger partial charge < -0.3 is 10.6 Å². The van der Waals surface area contributed by atoms with Crippen LogP contribution in [0.3, 0.4) is 0 Å². The lowest BCUT2D eigenvalue weighted by molar-refractivity contribution is -0.138. The molecule has 3 aromatic rings. The number of carbonyl (C=O) groups excluding carboxylic acids is 2. The Morgan fingerprint density at radius 2 is 1.26 bits per heavy atom. The maximum Gasteiger partial charge on any atom is 0.416 e. The van der Waals surface area contributed by atoms with E-state index in [1.165, 1.54) is 0 Å². The van der Waals surface area contributed by atoms with E-state index < -0.39 is 52.2 Å². The molecule has 1 fully saturated rings. The van der Waals surface area contributed by atoms with E-state index in [1.807, 2.05) is 0 Å². The average molecular weight is 547 g/mol. The van der Waals surface area contributed by atoms with Crippen LogP contribution in [0.4, 0.5) is 43.4 Å². The Hall–Kier alpha value is -4.28. The second kappa shape index (κ2) is 10.8. The van der Waals surface area contributed by atoms with Crippen molar-refractivity contribution in [2.45, 2.75) is 25.2 Å². The highest BCUT2D eigenvalue weighted by Gasteiger charge is 2.34. The third kappa shape index (κ3) is 6.42. The molecule has 0 spiro atoms. The minimum absolute atomic E-state index is 0.396. The second-order valence-corrected chi connectivity index (χ2v) is 8.94. The number of carbonyl (C=O) groups is 2. The number of amides is 2. The first kappa shape index (κ1) is 27.7. The summed E-state index contributed by atoms with van der Waals surface area (Å²) in [5.74, 6) is -2.39. The lowest BCUT2D eigenvalue weighted by atomic mass is 10.1. The van der Waals surface area contributed by atoms with Crippen LogP contribution in [0.1, 0.15) is 29.5 Å². The normalized spacial score (nSPS) is 14.4. The van der Waals surface area contributed by atoms with Crippen LogP contribution in [0, 0.1) is 0 Å². The van der Waals surface area contributed by atoms with E-state index in [1.54, 1.807) is 24.3 Å². The molecule has 1 saturated heterocycles. The summed E-state index contributed by atoms with van der Waals surface area (Å²) >= 11 is 0. The lowest BCUT2D eigenvalue weighted by Gasteiger charge is -2.25. The van der Waals surface area contributed by atoms with E-state index in [4.69, 9.17) is 5.73 Å². The average Bonchev–Trinajstić information content (AvgIpc) is 3.42. The van der Waals surface area contributed by atoms with Gasteiger partial charge in [-0.15, -0.1) is 0 Å². The van der Waals surface area contributed by atoms with Crippen LogP contribution in [-0.4, -0.2) is 24.9 Å². The van der Waals surface area contributed by atoms with Gasteiger partial charge in [0.2, 0.25) is 0 Å². The van der Waals surface area contributed by atoms with Crippen LogP contribution in [-0.2, 0) is 21.9 Å². The smallest absolute Gasteiger partial charge is 0.372 e. The SMILES string of the molecule is NC(=O)C(=Cc1ccc(N2CCCC2)cc1)C(=O)N(c1cccc(C(F)(F)F)c1)c1cccc(C(F)(F)F)c1. The van der Waals surface area contributed by atoms with Gasteiger partial charge in [-0.2, -0.15) is 26.3 Å². The maximum absolute atomic E-state index is 13.7. The number of anilines is 3. The zero-order chi connectivity index (χ0) is 28.4. The molecular weight excluding hydrogens is 524 g/mol. The number of benzene rings is 3. The van der Waals surface area contributed by atoms with Crippen molar-refractivity contribution in [3.63, 3.8) is 0 Å². The van der Waals surface area contributed by atoms with Crippen molar-refractivity contribution in [3.05, 3.63) is 95.1 Å². The van der Waals surface area contributed by atoms with Gasteiger partial charge in [0.15, 0.2) is 0 Å². The molecule has 3 aromatic carbocycles. The van der Waals surface area contributed by atoms with E-state index in [-0.39, 0.29) is 0 Å². The number of hydrogen-bond acceptors (Lipinski definition) is 3. The fraction of sp³-hybridized carbons (Fsp3) is 0.214. The Bertz CT molecular complexity index is 1330. The Labute approximate surface area is 220 Å². The molecule has 204 valence electrons. The first-order valence-corrected chi connectivity index (χ1v) is 11.9. The molecule has 0 saturated carbocycles. The number of hydrogen-bond donors (Lipinski definition) is 1. The van der Waals surface area contributed by atoms with Gasteiger partial charge in [0, 0.05) is 30.2 Å². The fourth-order valence-electron chi connectivity index (χ4n) is 4.31. The van der Waals surface area contributed by atoms with Crippen LogP contribution in [0.5, 0.6) is 0 Å². The summed E-state index contributed by atoms with van der Waals surface area (Å²) in [6.45, 7) is 1.78. The summed E-state index contributed by atoms with van der Waals surface area (Å²) in [6.07, 6.45) is -6.31. The molecule has 2 N–H and O–H groups in total. The van der Waals surface area contributed by atoms with Crippen molar-refractivity contribution in [1.82, 2.24) is 0 Å². The van der Waals surface area contributed by atoms with Crippen molar-refractivity contribution >= 4 is 35.0 Å². The molecule has 0 aliphatic carbocycles. The molecule has 5 nitrogen and oxygen atoms in total. The van der Waals surface area contributed by atoms with Crippen LogP contribution in [0.25, 0.3) is 6.08 Å². The van der Waals surface area contributed by atoms with Crippen molar-refractivity contribution in [2.24, 2.45) is 5.73 Å². The van der Waals surface area contributed by atoms with Gasteiger partial charge in [0.05, 0.1) is 11.1 Å². The Morgan fingerprint density at radius 1 is 0.769 bits per heavy atom. The number of nitrogens with two attached hydrogens (primary N) is 1. The Morgan fingerprint density at radius 3 is 1.69 bits per heavy atom. The number of halogens is 6. The molecular formula is C28H23F6N3O2. The topological polar surface area (TPSA) is 66.6 Å². The van der Waals surface area contributed by atoms with Gasteiger partial charge in [0.25, 0.3) is 11.8 Å². The largest absolute Gasteiger partial charge is 0.416 e. The summed E-state index contributed by atoms with van der Waals surface area (Å²) in [5, 5.41) is 0. The number of nitrogens with zero attached hydrogens (tertiary/aromatic N) is 2. The minimum atomic E-state index is -4.79. The minimum Gasteiger partial charge on any atom is -0.372 e. The van der Waals surface area contributed by atoms with Gasteiger partial charge in [-0.3, -0.25) is 14.5 Å². The van der Waals surface area contributed by atoms with E-state index in [9.17, 15) is 35.9 Å². The quantitative estimate of drug-likeness (QED) is 0.165. The molecule has 4 rings (SSSR count). The summed E-state index contributed by atoms with van der Waals surface area (Å²) in [4.78, 5) is 28.8. The fourth-order valence-corrected chi connectivity index (χ4v) is 4.31. The first-order chi connectivity index (χ1) is 18.3. The Kier molecular flexibility index (Phi) is 7.71. The van der Waals surface area contributed by atoms with E-state index in [2.05, 4.69) is 4.90 Å². The van der Waals surface area contributed by atoms with Gasteiger partial charge in [0.1, 0.15) is 5.57 Å². The van der Waals surface area contributed by atoms with Crippen LogP contribution in [0.2, 0.25) is 0 Å². The Balaban J connectivity index is 1.80. The van der Waals surface area contributed by atoms with Crippen LogP contribution in [0.15, 0.2) is 78.4 Å². The third-order valence-electron chi connectivity index (χ3n) is 6.24. The zero-order valence-electron chi connectivity index (χ0n) is 20.4. The number of primary amides is 1. The maximum atomic E-state index is 13.7. The summed E-state index contributed by atoms with van der Waals surface area (Å²) in [5.41, 5.74) is 3.13. The molecule has 0 bridgehead atoms. The molecule has 39 heavy (non-hydrogen) atoms. The summed E-state index contributed by atoms with van der Waals surface area (Å²) in [7, 11) is 0. The molecule has 0 radical (unpaired) electrons. The van der Waals surface area contributed by atoms with Crippen LogP contribution < -0.4 is 15.5 Å². The van der Waals surface area contributed by atoms with E-state index in [0.717, 1.165) is 74.1 Å². The molecule has 2 amide bonds. The van der Waals surface area contributed by atoms with Crippen LogP contribution >= 0.6 is 0 Å². The van der Waals surface area contributed by atoms with E-state index >= 15 is 0 Å². The van der Waals surface area contributed by atoms with Crippen molar-refractivity contribution < 1.29 is 35.9 Å². The molecule has 1 aliphatic rings. The van der Waals surface area contributed by atoms with Crippen molar-refractivity contribution in [2.75, 3.05) is 22.9 Å². The van der Waals surface area contributed by atoms with Gasteiger partial charge >= 0.3 is 12.4 Å². The zero-order valence-corrected chi connectivity index (χ0v) is 20.4. The highest BCUT2D eigenvalue weighted by molar-refractivity contribution is 6.27. The number of rotatable bonds is 6. The highest BCUT2D eigenvalue weighted by Crippen LogP contribution is 2.37. The standard InChI is InChI=1S/C28H23F6N3O2/c29-27(30,31)19-5-3-7-22(16-19)37(23-8-4-6-20(17-23)28(32,33)34)26(39)24(25(35)38)15-18-9-11-21(12-10-18)36-13-1-2-14-36/h3-12,15-17H,1-2,13-14H2,(H2,35,38). The monoisotopic (exact) mass is 547 g/mol. The third-order valence-corrected chi connectivity index (χ3v) is 6.24. The molecule has 1 heterocycles.